The van der Waals surface area contributed by atoms with Gasteiger partial charge in [0, 0.05) is 24.3 Å². The molecule has 1 aliphatic rings. The fourth-order valence-corrected chi connectivity index (χ4v) is 3.23. The van der Waals surface area contributed by atoms with E-state index in [9.17, 15) is 9.90 Å². The Morgan fingerprint density at radius 1 is 1.15 bits per heavy atom. The number of ether oxygens (including phenoxy) is 1. The third-order valence-corrected chi connectivity index (χ3v) is 4.83. The zero-order chi connectivity index (χ0) is 18.5. The Balaban J connectivity index is 1.65. The zero-order valence-corrected chi connectivity index (χ0v) is 15.3. The third kappa shape index (κ3) is 4.33. The lowest BCUT2D eigenvalue weighted by Gasteiger charge is -2.31. The molecule has 2 aromatic rings. The molecule has 3 rings (SSSR count). The van der Waals surface area contributed by atoms with Crippen LogP contribution in [0, 0.1) is 6.92 Å². The molecule has 0 spiro atoms. The number of hydrogen-bond donors (Lipinski definition) is 1. The summed E-state index contributed by atoms with van der Waals surface area (Å²) in [5.74, 6) is 0.827. The quantitative estimate of drug-likeness (QED) is 0.656. The largest absolute Gasteiger partial charge is 0.496 e. The maximum absolute atomic E-state index is 12.4. The van der Waals surface area contributed by atoms with Gasteiger partial charge in [0.05, 0.1) is 13.2 Å². The van der Waals surface area contributed by atoms with Crippen molar-refractivity contribution in [1.29, 1.82) is 0 Å². The number of rotatable bonds is 5. The van der Waals surface area contributed by atoms with Gasteiger partial charge in [-0.2, -0.15) is 0 Å². The molecule has 0 amide bonds. The number of piperidine rings is 1. The summed E-state index contributed by atoms with van der Waals surface area (Å²) in [4.78, 5) is 14.6. The molecular formula is C22H25NO3. The number of methoxy groups -OCH3 is 1. The number of benzene rings is 2. The van der Waals surface area contributed by atoms with Gasteiger partial charge in [0.2, 0.25) is 0 Å². The Bertz CT molecular complexity index is 788. The van der Waals surface area contributed by atoms with Gasteiger partial charge in [-0.1, -0.05) is 12.1 Å². The zero-order valence-electron chi connectivity index (χ0n) is 15.3. The van der Waals surface area contributed by atoms with E-state index in [1.54, 1.807) is 13.2 Å². The number of hydrogen-bond acceptors (Lipinski definition) is 4. The van der Waals surface area contributed by atoms with Gasteiger partial charge in [-0.05, 0) is 73.4 Å². The van der Waals surface area contributed by atoms with Crippen molar-refractivity contribution < 1.29 is 14.6 Å². The second kappa shape index (κ2) is 8.19. The van der Waals surface area contributed by atoms with Crippen LogP contribution in [-0.2, 0) is 0 Å². The average Bonchev–Trinajstić information content (AvgIpc) is 2.67. The predicted octanol–water partition coefficient (Wildman–Crippen LogP) is 3.86. The topological polar surface area (TPSA) is 49.8 Å². The summed E-state index contributed by atoms with van der Waals surface area (Å²) in [6.45, 7) is 3.69. The number of allylic oxidation sites excluding steroid dienone is 1. The first-order valence-corrected chi connectivity index (χ1v) is 8.97. The molecule has 1 N–H and O–H groups in total. The summed E-state index contributed by atoms with van der Waals surface area (Å²) in [6, 6.07) is 13.5. The lowest BCUT2D eigenvalue weighted by Crippen LogP contribution is -2.35. The fourth-order valence-electron chi connectivity index (χ4n) is 3.23. The van der Waals surface area contributed by atoms with Crippen LogP contribution in [0.5, 0.6) is 5.75 Å². The van der Waals surface area contributed by atoms with Crippen LogP contribution in [0.3, 0.4) is 0 Å². The molecule has 1 heterocycles. The number of carbonyl (C=O) groups excluding carboxylic acids is 1. The van der Waals surface area contributed by atoms with Crippen molar-refractivity contribution >= 4 is 17.5 Å². The molecule has 1 aliphatic heterocycles. The molecule has 0 radical (unpaired) electrons. The molecular weight excluding hydrogens is 326 g/mol. The normalized spacial score (nSPS) is 15.4. The lowest BCUT2D eigenvalue weighted by molar-refractivity contribution is 0.104. The minimum Gasteiger partial charge on any atom is -0.496 e. The lowest BCUT2D eigenvalue weighted by atomic mass is 10.0. The highest BCUT2D eigenvalue weighted by molar-refractivity contribution is 6.07. The van der Waals surface area contributed by atoms with Crippen molar-refractivity contribution in [3.05, 3.63) is 65.2 Å². The number of aliphatic hydroxyl groups is 1. The standard InChI is InChI=1S/C22H25NO3/c1-16-15-17(4-10-22(16)26-2)3-9-21(25)18-5-7-19(8-6-18)23-13-11-20(24)12-14-23/h3-10,15,20,24H,11-14H2,1-2H3. The molecule has 2 aromatic carbocycles. The van der Waals surface area contributed by atoms with Gasteiger partial charge >= 0.3 is 0 Å². The number of nitrogens with zero attached hydrogens (tertiary/aromatic N) is 1. The molecule has 4 heteroatoms. The molecule has 0 bridgehead atoms. The van der Waals surface area contributed by atoms with E-state index in [-0.39, 0.29) is 11.9 Å². The number of anilines is 1. The first kappa shape index (κ1) is 18.2. The van der Waals surface area contributed by atoms with Crippen LogP contribution in [-0.4, -0.2) is 37.2 Å². The summed E-state index contributed by atoms with van der Waals surface area (Å²) in [5.41, 5.74) is 3.79. The molecule has 0 aliphatic carbocycles. The smallest absolute Gasteiger partial charge is 0.185 e. The molecule has 136 valence electrons. The summed E-state index contributed by atoms with van der Waals surface area (Å²) >= 11 is 0. The Kier molecular flexibility index (Phi) is 5.74. The number of aryl methyl sites for hydroxylation is 1. The average molecular weight is 351 g/mol. The van der Waals surface area contributed by atoms with E-state index in [1.807, 2.05) is 55.5 Å². The van der Waals surface area contributed by atoms with E-state index >= 15 is 0 Å². The number of carbonyl (C=O) groups is 1. The molecule has 0 aromatic heterocycles. The van der Waals surface area contributed by atoms with Crippen molar-refractivity contribution in [3.8, 4) is 5.75 Å². The Morgan fingerprint density at radius 2 is 1.85 bits per heavy atom. The highest BCUT2D eigenvalue weighted by Gasteiger charge is 2.17. The number of ketones is 1. The van der Waals surface area contributed by atoms with Gasteiger partial charge in [-0.25, -0.2) is 0 Å². The predicted molar refractivity (Wildman–Crippen MR) is 105 cm³/mol. The maximum Gasteiger partial charge on any atom is 0.185 e. The summed E-state index contributed by atoms with van der Waals surface area (Å²) in [7, 11) is 1.65. The molecule has 26 heavy (non-hydrogen) atoms. The minimum atomic E-state index is -0.182. The second-order valence-electron chi connectivity index (χ2n) is 6.69. The van der Waals surface area contributed by atoms with Gasteiger partial charge in [0.25, 0.3) is 0 Å². The second-order valence-corrected chi connectivity index (χ2v) is 6.69. The van der Waals surface area contributed by atoms with Gasteiger partial charge in [0.15, 0.2) is 5.78 Å². The molecule has 1 saturated heterocycles. The van der Waals surface area contributed by atoms with Gasteiger partial charge in [0.1, 0.15) is 5.75 Å². The fraction of sp³-hybridized carbons (Fsp3) is 0.318. The van der Waals surface area contributed by atoms with E-state index in [0.717, 1.165) is 48.5 Å². The first-order chi connectivity index (χ1) is 12.6. The van der Waals surface area contributed by atoms with Crippen molar-refractivity contribution in [2.24, 2.45) is 0 Å². The Morgan fingerprint density at radius 3 is 2.46 bits per heavy atom. The van der Waals surface area contributed by atoms with Crippen LogP contribution in [0.2, 0.25) is 0 Å². The van der Waals surface area contributed by atoms with Crippen LogP contribution >= 0.6 is 0 Å². The van der Waals surface area contributed by atoms with E-state index in [4.69, 9.17) is 4.74 Å². The Labute approximate surface area is 154 Å². The monoisotopic (exact) mass is 351 g/mol. The molecule has 0 unspecified atom stereocenters. The minimum absolute atomic E-state index is 0.0147. The van der Waals surface area contributed by atoms with Gasteiger partial charge in [-0.15, -0.1) is 0 Å². The van der Waals surface area contributed by atoms with Crippen molar-refractivity contribution in [3.63, 3.8) is 0 Å². The van der Waals surface area contributed by atoms with Crippen LogP contribution < -0.4 is 9.64 Å². The van der Waals surface area contributed by atoms with Crippen LogP contribution in [0.1, 0.15) is 34.3 Å². The van der Waals surface area contributed by atoms with Crippen LogP contribution in [0.15, 0.2) is 48.5 Å². The van der Waals surface area contributed by atoms with E-state index in [1.165, 1.54) is 0 Å². The van der Waals surface area contributed by atoms with Crippen molar-refractivity contribution in [2.75, 3.05) is 25.1 Å². The van der Waals surface area contributed by atoms with E-state index < -0.39 is 0 Å². The SMILES string of the molecule is COc1ccc(C=CC(=O)c2ccc(N3CCC(O)CC3)cc2)cc1C. The van der Waals surface area contributed by atoms with Crippen LogP contribution in [0.4, 0.5) is 5.69 Å². The van der Waals surface area contributed by atoms with Crippen molar-refractivity contribution in [1.82, 2.24) is 0 Å². The molecule has 0 saturated carbocycles. The van der Waals surface area contributed by atoms with Gasteiger partial charge in [-0.3, -0.25) is 4.79 Å². The third-order valence-electron chi connectivity index (χ3n) is 4.83. The summed E-state index contributed by atoms with van der Waals surface area (Å²) < 4.78 is 5.25. The highest BCUT2D eigenvalue weighted by atomic mass is 16.5. The summed E-state index contributed by atoms with van der Waals surface area (Å²) in [5, 5.41) is 9.60. The Hall–Kier alpha value is -2.59. The first-order valence-electron chi connectivity index (χ1n) is 8.97. The highest BCUT2D eigenvalue weighted by Crippen LogP contribution is 2.22. The van der Waals surface area contributed by atoms with E-state index in [0.29, 0.717) is 5.56 Å². The molecule has 1 fully saturated rings. The molecule has 0 atom stereocenters. The summed E-state index contributed by atoms with van der Waals surface area (Å²) in [6.07, 6.45) is 4.84. The molecule has 4 nitrogen and oxygen atoms in total. The number of aliphatic hydroxyl groups excluding tert-OH is 1. The van der Waals surface area contributed by atoms with Crippen molar-refractivity contribution in [2.45, 2.75) is 25.9 Å². The maximum atomic E-state index is 12.4. The van der Waals surface area contributed by atoms with Gasteiger partial charge < -0.3 is 14.7 Å². The van der Waals surface area contributed by atoms with Crippen LogP contribution in [0.25, 0.3) is 6.08 Å². The van der Waals surface area contributed by atoms with E-state index in [2.05, 4.69) is 4.90 Å².